The Kier molecular flexibility index (Phi) is 12.7. The van der Waals surface area contributed by atoms with Crippen LogP contribution in [0.5, 0.6) is 0 Å². The van der Waals surface area contributed by atoms with E-state index in [4.69, 9.17) is 0 Å². The van der Waals surface area contributed by atoms with Crippen molar-refractivity contribution < 1.29 is 0 Å². The topological polar surface area (TPSA) is 24.1 Å². The van der Waals surface area contributed by atoms with E-state index in [1.807, 2.05) is 0 Å². The largest absolute Gasteiger partial charge is 0.382 e. The Morgan fingerprint density at radius 3 is 1.47 bits per heavy atom. The normalized spacial score (nSPS) is 18.2. The number of unbranched alkanes of at least 4 members (excludes halogenated alkanes) is 6. The zero-order valence-electron chi connectivity index (χ0n) is 22.3. The van der Waals surface area contributed by atoms with Gasteiger partial charge in [0.05, 0.1) is 0 Å². The fraction of sp³-hybridized carbons (Fsp3) is 0.688. The van der Waals surface area contributed by atoms with Gasteiger partial charge < -0.3 is 10.6 Å². The van der Waals surface area contributed by atoms with Crippen LogP contribution in [0.2, 0.25) is 0 Å². The van der Waals surface area contributed by atoms with Crippen LogP contribution in [0, 0.1) is 0 Å². The molecule has 1 aromatic carbocycles. The first-order chi connectivity index (χ1) is 16.8. The van der Waals surface area contributed by atoms with Crippen LogP contribution in [0.25, 0.3) is 12.2 Å². The summed E-state index contributed by atoms with van der Waals surface area (Å²) in [6.07, 6.45) is 33.3. The summed E-state index contributed by atoms with van der Waals surface area (Å²) in [5.41, 5.74) is 5.40. The lowest BCUT2D eigenvalue weighted by molar-refractivity contribution is 0.461. The van der Waals surface area contributed by atoms with Crippen molar-refractivity contribution in [2.24, 2.45) is 0 Å². The van der Waals surface area contributed by atoms with E-state index in [0.29, 0.717) is 12.1 Å². The molecule has 0 amide bonds. The molecule has 0 aromatic heterocycles. The lowest BCUT2D eigenvalue weighted by atomic mass is 9.93. The predicted octanol–water partition coefficient (Wildman–Crippen LogP) is 10.4. The highest BCUT2D eigenvalue weighted by Gasteiger charge is 2.18. The predicted molar refractivity (Wildman–Crippen MR) is 154 cm³/mol. The molecule has 2 saturated carbocycles. The van der Waals surface area contributed by atoms with Crippen molar-refractivity contribution in [3.63, 3.8) is 0 Å². The molecule has 0 unspecified atom stereocenters. The summed E-state index contributed by atoms with van der Waals surface area (Å²) in [5, 5.41) is 7.95. The van der Waals surface area contributed by atoms with Crippen molar-refractivity contribution in [1.29, 1.82) is 0 Å². The molecule has 34 heavy (non-hydrogen) atoms. The van der Waals surface area contributed by atoms with Crippen LogP contribution < -0.4 is 10.6 Å². The van der Waals surface area contributed by atoms with Gasteiger partial charge in [-0.1, -0.05) is 102 Å². The molecule has 0 heterocycles. The maximum atomic E-state index is 3.98. The Bertz CT molecular complexity index is 676. The second kappa shape index (κ2) is 16.1. The van der Waals surface area contributed by atoms with E-state index < -0.39 is 0 Å². The van der Waals surface area contributed by atoms with Crippen molar-refractivity contribution >= 4 is 23.5 Å². The first-order valence-corrected chi connectivity index (χ1v) is 14.8. The average molecular weight is 465 g/mol. The molecule has 190 valence electrons. The van der Waals surface area contributed by atoms with Crippen molar-refractivity contribution in [3.05, 3.63) is 35.4 Å². The molecule has 0 radical (unpaired) electrons. The van der Waals surface area contributed by atoms with Gasteiger partial charge >= 0.3 is 0 Å². The molecule has 2 heteroatoms. The third-order valence-corrected chi connectivity index (χ3v) is 7.69. The number of rotatable bonds is 14. The summed E-state index contributed by atoms with van der Waals surface area (Å²) in [6.45, 7) is 4.57. The molecular formula is C32H52N2. The van der Waals surface area contributed by atoms with E-state index in [0.717, 1.165) is 0 Å². The van der Waals surface area contributed by atoms with E-state index in [2.05, 4.69) is 60.9 Å². The fourth-order valence-corrected chi connectivity index (χ4v) is 5.54. The van der Waals surface area contributed by atoms with Gasteiger partial charge in [-0.25, -0.2) is 0 Å². The Balaban J connectivity index is 1.84. The van der Waals surface area contributed by atoms with E-state index in [9.17, 15) is 0 Å². The number of benzene rings is 1. The van der Waals surface area contributed by atoms with Crippen LogP contribution in [0.15, 0.2) is 24.3 Å². The van der Waals surface area contributed by atoms with E-state index in [-0.39, 0.29) is 0 Å². The Morgan fingerprint density at radius 2 is 1.06 bits per heavy atom. The second-order valence-electron chi connectivity index (χ2n) is 10.8. The Morgan fingerprint density at radius 1 is 0.618 bits per heavy atom. The molecular weight excluding hydrogens is 412 g/mol. The minimum atomic E-state index is 0.624. The van der Waals surface area contributed by atoms with Crippen LogP contribution in [0.1, 0.15) is 141 Å². The van der Waals surface area contributed by atoms with Crippen LogP contribution in [0.4, 0.5) is 11.4 Å². The number of allylic oxidation sites excluding steroid dienone is 2. The summed E-state index contributed by atoms with van der Waals surface area (Å²) in [4.78, 5) is 0. The molecule has 0 saturated heterocycles. The molecule has 2 fully saturated rings. The van der Waals surface area contributed by atoms with Crippen molar-refractivity contribution in [2.75, 3.05) is 10.6 Å². The summed E-state index contributed by atoms with van der Waals surface area (Å²) in [7, 11) is 0. The quantitative estimate of drug-likeness (QED) is 0.267. The highest BCUT2D eigenvalue weighted by molar-refractivity contribution is 5.79. The number of nitrogens with one attached hydrogen (secondary N) is 2. The molecule has 0 spiro atoms. The molecule has 1 aromatic rings. The lowest BCUT2D eigenvalue weighted by Crippen LogP contribution is -2.24. The van der Waals surface area contributed by atoms with E-state index in [1.54, 1.807) is 0 Å². The van der Waals surface area contributed by atoms with E-state index in [1.165, 1.54) is 138 Å². The molecule has 0 atom stereocenters. The molecule has 2 nitrogen and oxygen atoms in total. The van der Waals surface area contributed by atoms with Gasteiger partial charge in [0.25, 0.3) is 0 Å². The third-order valence-electron chi connectivity index (χ3n) is 7.69. The van der Waals surface area contributed by atoms with Crippen LogP contribution in [-0.2, 0) is 0 Å². The number of hydrogen-bond acceptors (Lipinski definition) is 2. The number of hydrogen-bond donors (Lipinski definition) is 2. The molecule has 0 bridgehead atoms. The molecule has 3 rings (SSSR count). The lowest BCUT2D eigenvalue weighted by Gasteiger charge is -2.28. The minimum Gasteiger partial charge on any atom is -0.382 e. The summed E-state index contributed by atoms with van der Waals surface area (Å²) >= 11 is 0. The van der Waals surface area contributed by atoms with Gasteiger partial charge in [-0.3, -0.25) is 0 Å². The standard InChI is InChI=1S/C32H52N2/c1-3-5-7-9-13-19-27-25-28(20-14-10-8-6-4-2)32(34-30-23-17-12-18-24-30)26-31(27)33-29-21-15-11-16-22-29/h13-14,19-20,25-26,29-30,33-34H,3-12,15-18,21-24H2,1-2H3. The maximum absolute atomic E-state index is 3.98. The average Bonchev–Trinajstić information content (AvgIpc) is 2.87. The monoisotopic (exact) mass is 464 g/mol. The van der Waals surface area contributed by atoms with Gasteiger partial charge in [0, 0.05) is 23.5 Å². The molecule has 0 aliphatic heterocycles. The fourth-order valence-electron chi connectivity index (χ4n) is 5.54. The maximum Gasteiger partial charge on any atom is 0.0436 e. The number of anilines is 2. The Hall–Kier alpha value is -1.70. The van der Waals surface area contributed by atoms with Gasteiger partial charge in [-0.15, -0.1) is 0 Å². The smallest absolute Gasteiger partial charge is 0.0436 e. The zero-order chi connectivity index (χ0) is 23.8. The van der Waals surface area contributed by atoms with Crippen molar-refractivity contribution in [2.45, 2.75) is 142 Å². The van der Waals surface area contributed by atoms with Gasteiger partial charge in [0.1, 0.15) is 0 Å². The van der Waals surface area contributed by atoms with Gasteiger partial charge in [-0.2, -0.15) is 0 Å². The summed E-state index contributed by atoms with van der Waals surface area (Å²) in [6, 6.07) is 6.14. The van der Waals surface area contributed by atoms with Crippen LogP contribution in [0.3, 0.4) is 0 Å². The molecule has 2 aliphatic rings. The summed E-state index contributed by atoms with van der Waals surface area (Å²) in [5.74, 6) is 0. The van der Waals surface area contributed by atoms with Gasteiger partial charge in [0.15, 0.2) is 0 Å². The van der Waals surface area contributed by atoms with Crippen molar-refractivity contribution in [1.82, 2.24) is 0 Å². The van der Waals surface area contributed by atoms with Crippen LogP contribution in [-0.4, -0.2) is 12.1 Å². The van der Waals surface area contributed by atoms with Crippen molar-refractivity contribution in [3.8, 4) is 0 Å². The zero-order valence-corrected chi connectivity index (χ0v) is 22.3. The highest BCUT2D eigenvalue weighted by Crippen LogP contribution is 2.33. The highest BCUT2D eigenvalue weighted by atomic mass is 14.9. The molecule has 2 aliphatic carbocycles. The SMILES string of the molecule is CCCCCC=Cc1cc(C=CCCCCC)c(NC2CCCCC2)cc1NC1CCCCC1. The second-order valence-corrected chi connectivity index (χ2v) is 10.8. The molecule has 2 N–H and O–H groups in total. The summed E-state index contributed by atoms with van der Waals surface area (Å²) < 4.78 is 0. The van der Waals surface area contributed by atoms with Crippen LogP contribution >= 0.6 is 0 Å². The Labute approximate surface area is 211 Å². The first-order valence-electron chi connectivity index (χ1n) is 14.8. The third kappa shape index (κ3) is 9.51. The van der Waals surface area contributed by atoms with Gasteiger partial charge in [-0.05, 0) is 74.6 Å². The first kappa shape index (κ1) is 26.9. The van der Waals surface area contributed by atoms with Gasteiger partial charge in [0.2, 0.25) is 0 Å². The van der Waals surface area contributed by atoms with E-state index >= 15 is 0 Å². The minimum absolute atomic E-state index is 0.624.